The maximum Gasteiger partial charge on any atom is 0.00905 e. The maximum atomic E-state index is 3.77. The number of rotatable bonds is 6. The molecule has 0 bridgehead atoms. The van der Waals surface area contributed by atoms with Gasteiger partial charge in [0.1, 0.15) is 0 Å². The van der Waals surface area contributed by atoms with E-state index in [2.05, 4.69) is 29.8 Å². The molecule has 1 fully saturated rings. The molecule has 1 rings (SSSR count). The Bertz CT molecular complexity index is 143. The third kappa shape index (κ3) is 2.74. The lowest BCUT2D eigenvalue weighted by Gasteiger charge is -2.37. The minimum atomic E-state index is 0.631. The van der Waals surface area contributed by atoms with E-state index in [1.165, 1.54) is 56.7 Å². The van der Waals surface area contributed by atoms with Gasteiger partial charge in [-0.15, -0.1) is 0 Å². The molecule has 0 radical (unpaired) electrons. The summed E-state index contributed by atoms with van der Waals surface area (Å²) in [7, 11) is 0. The Labute approximate surface area is 98.0 Å². The molecule has 1 aliphatic rings. The van der Waals surface area contributed by atoms with Gasteiger partial charge in [-0.25, -0.2) is 0 Å². The van der Waals surface area contributed by atoms with Gasteiger partial charge in [-0.05, 0) is 37.0 Å². The summed E-state index contributed by atoms with van der Waals surface area (Å²) in [5.41, 5.74) is 0.631. The van der Waals surface area contributed by atoms with Gasteiger partial charge in [-0.1, -0.05) is 55.5 Å². The molecular formula is C13H25Br. The van der Waals surface area contributed by atoms with Crippen molar-refractivity contribution in [2.24, 2.45) is 11.3 Å². The van der Waals surface area contributed by atoms with Crippen molar-refractivity contribution in [3.05, 3.63) is 0 Å². The molecular weight excluding hydrogens is 236 g/mol. The quantitative estimate of drug-likeness (QED) is 0.579. The van der Waals surface area contributed by atoms with E-state index >= 15 is 0 Å². The first-order valence-electron chi connectivity index (χ1n) is 6.35. The fourth-order valence-corrected chi connectivity index (χ4v) is 4.14. The molecule has 0 saturated heterocycles. The van der Waals surface area contributed by atoms with Crippen LogP contribution in [-0.2, 0) is 0 Å². The molecule has 0 aromatic carbocycles. The van der Waals surface area contributed by atoms with Crippen LogP contribution in [0.5, 0.6) is 0 Å². The Morgan fingerprint density at radius 3 is 2.29 bits per heavy atom. The van der Waals surface area contributed by atoms with Crippen molar-refractivity contribution < 1.29 is 0 Å². The standard InChI is InChI=1S/C13H25Br/c1-3-5-10-13(4-2,11-14)12-8-6-7-9-12/h12H,3-11H2,1-2H3. The minimum Gasteiger partial charge on any atom is -0.0922 e. The summed E-state index contributed by atoms with van der Waals surface area (Å²) in [6.45, 7) is 4.69. The lowest BCUT2D eigenvalue weighted by atomic mass is 9.71. The van der Waals surface area contributed by atoms with E-state index < -0.39 is 0 Å². The summed E-state index contributed by atoms with van der Waals surface area (Å²) >= 11 is 3.77. The average Bonchev–Trinajstić information content (AvgIpc) is 2.74. The van der Waals surface area contributed by atoms with E-state index in [4.69, 9.17) is 0 Å². The summed E-state index contributed by atoms with van der Waals surface area (Å²) in [5.74, 6) is 1.01. The number of alkyl halides is 1. The summed E-state index contributed by atoms with van der Waals surface area (Å²) in [5, 5.41) is 1.22. The van der Waals surface area contributed by atoms with Crippen molar-refractivity contribution in [1.82, 2.24) is 0 Å². The second kappa shape index (κ2) is 6.15. The Kier molecular flexibility index (Phi) is 5.51. The van der Waals surface area contributed by atoms with Crippen molar-refractivity contribution in [3.8, 4) is 0 Å². The highest BCUT2D eigenvalue weighted by molar-refractivity contribution is 9.09. The number of hydrogen-bond acceptors (Lipinski definition) is 0. The number of unbranched alkanes of at least 4 members (excludes halogenated alkanes) is 1. The number of hydrogen-bond donors (Lipinski definition) is 0. The Balaban J connectivity index is 2.57. The largest absolute Gasteiger partial charge is 0.0922 e. The summed E-state index contributed by atoms with van der Waals surface area (Å²) in [6, 6.07) is 0. The number of halogens is 1. The topological polar surface area (TPSA) is 0 Å². The lowest BCUT2D eigenvalue weighted by molar-refractivity contribution is 0.168. The molecule has 0 spiro atoms. The van der Waals surface area contributed by atoms with Crippen molar-refractivity contribution in [3.63, 3.8) is 0 Å². The Hall–Kier alpha value is 0.480. The highest BCUT2D eigenvalue weighted by Crippen LogP contribution is 2.46. The predicted octanol–water partition coefficient (Wildman–Crippen LogP) is 5.16. The van der Waals surface area contributed by atoms with E-state index in [0.29, 0.717) is 5.41 Å². The zero-order chi connectivity index (χ0) is 10.4. The molecule has 0 heterocycles. The van der Waals surface area contributed by atoms with Crippen LogP contribution in [-0.4, -0.2) is 5.33 Å². The van der Waals surface area contributed by atoms with E-state index in [1.54, 1.807) is 0 Å². The summed E-state index contributed by atoms with van der Waals surface area (Å²) in [6.07, 6.45) is 11.5. The van der Waals surface area contributed by atoms with E-state index in [9.17, 15) is 0 Å². The van der Waals surface area contributed by atoms with E-state index in [0.717, 1.165) is 5.92 Å². The molecule has 0 aliphatic heterocycles. The molecule has 84 valence electrons. The van der Waals surface area contributed by atoms with Crippen LogP contribution in [0.2, 0.25) is 0 Å². The van der Waals surface area contributed by atoms with Crippen LogP contribution in [0.25, 0.3) is 0 Å². The van der Waals surface area contributed by atoms with Gasteiger partial charge in [-0.2, -0.15) is 0 Å². The van der Waals surface area contributed by atoms with Crippen LogP contribution < -0.4 is 0 Å². The zero-order valence-electron chi connectivity index (χ0n) is 9.82. The smallest absolute Gasteiger partial charge is 0.00905 e. The SMILES string of the molecule is CCCCC(CC)(CBr)C1CCCC1. The van der Waals surface area contributed by atoms with Crippen LogP contribution >= 0.6 is 15.9 Å². The molecule has 14 heavy (non-hydrogen) atoms. The van der Waals surface area contributed by atoms with Gasteiger partial charge in [-0.3, -0.25) is 0 Å². The van der Waals surface area contributed by atoms with Gasteiger partial charge in [0.25, 0.3) is 0 Å². The van der Waals surface area contributed by atoms with Gasteiger partial charge in [0.05, 0.1) is 0 Å². The molecule has 0 aromatic rings. The maximum absolute atomic E-state index is 3.77. The average molecular weight is 261 g/mol. The van der Waals surface area contributed by atoms with Crippen molar-refractivity contribution >= 4 is 15.9 Å². The first-order chi connectivity index (χ1) is 6.79. The van der Waals surface area contributed by atoms with Crippen LogP contribution in [0, 0.1) is 11.3 Å². The zero-order valence-corrected chi connectivity index (χ0v) is 11.4. The predicted molar refractivity (Wildman–Crippen MR) is 68.0 cm³/mol. The Morgan fingerprint density at radius 1 is 1.21 bits per heavy atom. The second-order valence-corrected chi connectivity index (χ2v) is 5.50. The van der Waals surface area contributed by atoms with Crippen LogP contribution in [0.1, 0.15) is 65.2 Å². The molecule has 1 saturated carbocycles. The highest BCUT2D eigenvalue weighted by Gasteiger charge is 2.36. The van der Waals surface area contributed by atoms with Gasteiger partial charge in [0.15, 0.2) is 0 Å². The third-order valence-electron chi connectivity index (χ3n) is 4.22. The molecule has 0 N–H and O–H groups in total. The second-order valence-electron chi connectivity index (χ2n) is 4.93. The van der Waals surface area contributed by atoms with Gasteiger partial charge in [0.2, 0.25) is 0 Å². The van der Waals surface area contributed by atoms with Gasteiger partial charge >= 0.3 is 0 Å². The Morgan fingerprint density at radius 2 is 1.86 bits per heavy atom. The lowest BCUT2D eigenvalue weighted by Crippen LogP contribution is -2.30. The highest BCUT2D eigenvalue weighted by atomic mass is 79.9. The summed E-state index contributed by atoms with van der Waals surface area (Å²) in [4.78, 5) is 0. The third-order valence-corrected chi connectivity index (χ3v) is 5.34. The van der Waals surface area contributed by atoms with E-state index in [1.807, 2.05) is 0 Å². The van der Waals surface area contributed by atoms with Gasteiger partial charge < -0.3 is 0 Å². The van der Waals surface area contributed by atoms with Gasteiger partial charge in [0, 0.05) is 5.33 Å². The van der Waals surface area contributed by atoms with Crippen LogP contribution in [0.3, 0.4) is 0 Å². The summed E-state index contributed by atoms with van der Waals surface area (Å²) < 4.78 is 0. The van der Waals surface area contributed by atoms with E-state index in [-0.39, 0.29) is 0 Å². The molecule has 1 unspecified atom stereocenters. The molecule has 1 aliphatic carbocycles. The monoisotopic (exact) mass is 260 g/mol. The molecule has 0 nitrogen and oxygen atoms in total. The fourth-order valence-electron chi connectivity index (χ4n) is 3.01. The molecule has 0 aromatic heterocycles. The van der Waals surface area contributed by atoms with Crippen molar-refractivity contribution in [2.45, 2.75) is 65.2 Å². The minimum absolute atomic E-state index is 0.631. The molecule has 1 heteroatoms. The molecule has 0 amide bonds. The van der Waals surface area contributed by atoms with Crippen molar-refractivity contribution in [1.29, 1.82) is 0 Å². The first kappa shape index (κ1) is 12.5. The van der Waals surface area contributed by atoms with Crippen LogP contribution in [0.15, 0.2) is 0 Å². The van der Waals surface area contributed by atoms with Crippen molar-refractivity contribution in [2.75, 3.05) is 5.33 Å². The molecule has 1 atom stereocenters. The normalized spacial score (nSPS) is 22.5. The van der Waals surface area contributed by atoms with Crippen LogP contribution in [0.4, 0.5) is 0 Å². The fraction of sp³-hybridized carbons (Fsp3) is 1.00. The first-order valence-corrected chi connectivity index (χ1v) is 7.47.